The summed E-state index contributed by atoms with van der Waals surface area (Å²) in [5.41, 5.74) is 0. The zero-order valence-corrected chi connectivity index (χ0v) is 14.6. The summed E-state index contributed by atoms with van der Waals surface area (Å²) in [5.74, 6) is 0.701. The molecular formula is C15H32N2O2S. The molecule has 0 amide bonds. The Bertz CT molecular complexity index is 363. The zero-order chi connectivity index (χ0) is 15.3. The Hall–Kier alpha value is -0.130. The van der Waals surface area contributed by atoms with E-state index >= 15 is 0 Å². The predicted octanol–water partition coefficient (Wildman–Crippen LogP) is 3.11. The zero-order valence-electron chi connectivity index (χ0n) is 13.8. The van der Waals surface area contributed by atoms with Crippen LogP contribution in [0.1, 0.15) is 59.8 Å². The molecule has 120 valence electrons. The van der Waals surface area contributed by atoms with Crippen molar-refractivity contribution in [3.05, 3.63) is 0 Å². The van der Waals surface area contributed by atoms with Gasteiger partial charge in [-0.05, 0) is 24.7 Å². The maximum absolute atomic E-state index is 12.9. The van der Waals surface area contributed by atoms with Crippen molar-refractivity contribution in [2.45, 2.75) is 65.8 Å². The highest BCUT2D eigenvalue weighted by Crippen LogP contribution is 2.25. The van der Waals surface area contributed by atoms with E-state index in [9.17, 15) is 8.42 Å². The van der Waals surface area contributed by atoms with Gasteiger partial charge >= 0.3 is 0 Å². The fourth-order valence-corrected chi connectivity index (χ4v) is 4.82. The number of hydrogen-bond donors (Lipinski definition) is 0. The van der Waals surface area contributed by atoms with Crippen molar-refractivity contribution in [2.75, 3.05) is 20.1 Å². The van der Waals surface area contributed by atoms with Gasteiger partial charge in [-0.1, -0.05) is 47.0 Å². The molecule has 20 heavy (non-hydrogen) atoms. The topological polar surface area (TPSA) is 40.6 Å². The Balaban J connectivity index is 2.84. The van der Waals surface area contributed by atoms with E-state index in [-0.39, 0.29) is 6.04 Å². The second kappa shape index (κ2) is 7.76. The first kappa shape index (κ1) is 17.9. The standard InChI is InChI=1S/C15H32N2O2S/c1-13(2)11-17(12-14(3)4)20(18,19)16(5)15-9-7-6-8-10-15/h13-15H,6-12H2,1-5H3. The van der Waals surface area contributed by atoms with Gasteiger partial charge in [-0.3, -0.25) is 0 Å². The van der Waals surface area contributed by atoms with Crippen LogP contribution in [0.5, 0.6) is 0 Å². The average molecular weight is 305 g/mol. The van der Waals surface area contributed by atoms with Gasteiger partial charge in [-0.25, -0.2) is 0 Å². The van der Waals surface area contributed by atoms with Crippen LogP contribution in [-0.4, -0.2) is 43.2 Å². The molecule has 1 fully saturated rings. The summed E-state index contributed by atoms with van der Waals surface area (Å²) in [7, 11) is -1.56. The molecule has 0 atom stereocenters. The molecule has 0 radical (unpaired) electrons. The largest absolute Gasteiger partial charge is 0.281 e. The molecule has 0 aromatic carbocycles. The van der Waals surface area contributed by atoms with Gasteiger partial charge in [0.15, 0.2) is 0 Å². The summed E-state index contributed by atoms with van der Waals surface area (Å²) in [6.07, 6.45) is 5.56. The van der Waals surface area contributed by atoms with Gasteiger partial charge in [-0.2, -0.15) is 17.0 Å². The van der Waals surface area contributed by atoms with Crippen LogP contribution in [0.4, 0.5) is 0 Å². The van der Waals surface area contributed by atoms with Crippen LogP contribution in [0.15, 0.2) is 0 Å². The Kier molecular flexibility index (Phi) is 6.95. The number of nitrogens with zero attached hydrogens (tertiary/aromatic N) is 2. The van der Waals surface area contributed by atoms with E-state index in [0.717, 1.165) is 25.7 Å². The highest BCUT2D eigenvalue weighted by molar-refractivity contribution is 7.86. The second-order valence-electron chi connectivity index (χ2n) is 6.92. The molecule has 4 nitrogen and oxygen atoms in total. The van der Waals surface area contributed by atoms with Gasteiger partial charge in [0.1, 0.15) is 0 Å². The van der Waals surface area contributed by atoms with E-state index in [4.69, 9.17) is 0 Å². The van der Waals surface area contributed by atoms with Crippen molar-refractivity contribution in [1.29, 1.82) is 0 Å². The van der Waals surface area contributed by atoms with Crippen molar-refractivity contribution in [3.63, 3.8) is 0 Å². The second-order valence-corrected chi connectivity index (χ2v) is 8.91. The quantitative estimate of drug-likeness (QED) is 0.725. The molecule has 0 aromatic rings. The lowest BCUT2D eigenvalue weighted by atomic mass is 9.96. The lowest BCUT2D eigenvalue weighted by Gasteiger charge is -2.35. The maximum Gasteiger partial charge on any atom is 0.281 e. The van der Waals surface area contributed by atoms with Crippen molar-refractivity contribution in [2.24, 2.45) is 11.8 Å². The van der Waals surface area contributed by atoms with Crippen LogP contribution >= 0.6 is 0 Å². The minimum Gasteiger partial charge on any atom is -0.195 e. The van der Waals surface area contributed by atoms with Gasteiger partial charge in [0.05, 0.1) is 0 Å². The molecular weight excluding hydrogens is 272 g/mol. The number of rotatable bonds is 7. The summed E-state index contributed by atoms with van der Waals surface area (Å²) in [6, 6.07) is 0.190. The van der Waals surface area contributed by atoms with Crippen LogP contribution in [0.2, 0.25) is 0 Å². The molecule has 0 aromatic heterocycles. The summed E-state index contributed by atoms with van der Waals surface area (Å²) < 4.78 is 29.0. The molecule has 0 aliphatic heterocycles. The highest BCUT2D eigenvalue weighted by Gasteiger charge is 2.33. The molecule has 0 N–H and O–H groups in total. The van der Waals surface area contributed by atoms with Gasteiger partial charge in [-0.15, -0.1) is 0 Å². The summed E-state index contributed by atoms with van der Waals surface area (Å²) in [6.45, 7) is 9.51. The van der Waals surface area contributed by atoms with Crippen molar-refractivity contribution in [3.8, 4) is 0 Å². The molecule has 1 saturated carbocycles. The summed E-state index contributed by atoms with van der Waals surface area (Å²) in [5, 5.41) is 0. The third-order valence-electron chi connectivity index (χ3n) is 3.92. The van der Waals surface area contributed by atoms with Crippen molar-refractivity contribution in [1.82, 2.24) is 8.61 Å². The van der Waals surface area contributed by atoms with Gasteiger partial charge in [0.2, 0.25) is 0 Å². The Morgan fingerprint density at radius 1 is 0.950 bits per heavy atom. The van der Waals surface area contributed by atoms with E-state index in [1.165, 1.54) is 6.42 Å². The molecule has 0 unspecified atom stereocenters. The van der Waals surface area contributed by atoms with Crippen LogP contribution in [0, 0.1) is 11.8 Å². The monoisotopic (exact) mass is 304 g/mol. The number of hydrogen-bond acceptors (Lipinski definition) is 2. The Morgan fingerprint density at radius 3 is 1.80 bits per heavy atom. The van der Waals surface area contributed by atoms with E-state index in [1.807, 2.05) is 0 Å². The predicted molar refractivity (Wildman–Crippen MR) is 84.8 cm³/mol. The van der Waals surface area contributed by atoms with Crippen LogP contribution in [-0.2, 0) is 10.2 Å². The fraction of sp³-hybridized carbons (Fsp3) is 1.00. The fourth-order valence-electron chi connectivity index (χ4n) is 2.89. The third kappa shape index (κ3) is 5.01. The molecule has 1 rings (SSSR count). The molecule has 0 saturated heterocycles. The minimum absolute atomic E-state index is 0.190. The molecule has 5 heteroatoms. The van der Waals surface area contributed by atoms with E-state index < -0.39 is 10.2 Å². The smallest absolute Gasteiger partial charge is 0.195 e. The molecule has 0 spiro atoms. The maximum atomic E-state index is 12.9. The Labute approximate surface area is 125 Å². The van der Waals surface area contributed by atoms with Crippen LogP contribution < -0.4 is 0 Å². The van der Waals surface area contributed by atoms with E-state index in [0.29, 0.717) is 24.9 Å². The minimum atomic E-state index is -3.32. The lowest BCUT2D eigenvalue weighted by Crippen LogP contribution is -2.49. The van der Waals surface area contributed by atoms with Gasteiger partial charge < -0.3 is 0 Å². The van der Waals surface area contributed by atoms with Gasteiger partial charge in [0.25, 0.3) is 10.2 Å². The first-order valence-electron chi connectivity index (χ1n) is 7.98. The average Bonchev–Trinajstić information content (AvgIpc) is 2.37. The first-order chi connectivity index (χ1) is 9.25. The van der Waals surface area contributed by atoms with E-state index in [1.54, 1.807) is 15.7 Å². The van der Waals surface area contributed by atoms with Crippen molar-refractivity contribution >= 4 is 10.2 Å². The summed E-state index contributed by atoms with van der Waals surface area (Å²) >= 11 is 0. The van der Waals surface area contributed by atoms with Crippen LogP contribution in [0.3, 0.4) is 0 Å². The molecule has 1 aliphatic rings. The highest BCUT2D eigenvalue weighted by atomic mass is 32.2. The lowest BCUT2D eigenvalue weighted by molar-refractivity contribution is 0.249. The van der Waals surface area contributed by atoms with E-state index in [2.05, 4.69) is 27.7 Å². The van der Waals surface area contributed by atoms with Crippen LogP contribution in [0.25, 0.3) is 0 Å². The Morgan fingerprint density at radius 2 is 1.40 bits per heavy atom. The van der Waals surface area contributed by atoms with Crippen molar-refractivity contribution < 1.29 is 8.42 Å². The normalized spacial score (nSPS) is 18.6. The third-order valence-corrected chi connectivity index (χ3v) is 5.89. The molecule has 1 aliphatic carbocycles. The van der Waals surface area contributed by atoms with Gasteiger partial charge in [0, 0.05) is 26.2 Å². The molecule has 0 bridgehead atoms. The summed E-state index contributed by atoms with van der Waals surface area (Å²) in [4.78, 5) is 0. The first-order valence-corrected chi connectivity index (χ1v) is 9.38. The SMILES string of the molecule is CC(C)CN(CC(C)C)S(=O)(=O)N(C)C1CCCCC1. The molecule has 0 heterocycles.